The summed E-state index contributed by atoms with van der Waals surface area (Å²) in [5.41, 5.74) is 8.20. The second-order valence-corrected chi connectivity index (χ2v) is 5.41. The normalized spacial score (nSPS) is 10.8. The van der Waals surface area contributed by atoms with E-state index in [1.807, 2.05) is 6.07 Å². The van der Waals surface area contributed by atoms with Gasteiger partial charge in [-0.25, -0.2) is 0 Å². The van der Waals surface area contributed by atoms with E-state index in [2.05, 4.69) is 58.0 Å². The maximum absolute atomic E-state index is 5.90. The van der Waals surface area contributed by atoms with Gasteiger partial charge >= 0.3 is 0 Å². The lowest BCUT2D eigenvalue weighted by Crippen LogP contribution is -2.03. The number of ether oxygens (including phenoxy) is 1. The van der Waals surface area contributed by atoms with Crippen LogP contribution in [0.25, 0.3) is 0 Å². The Morgan fingerprint density at radius 3 is 2.25 bits per heavy atom. The summed E-state index contributed by atoms with van der Waals surface area (Å²) in [5.74, 6) is 0. The number of aryl methyl sites for hydroxylation is 1. The molecule has 0 aliphatic rings. The summed E-state index contributed by atoms with van der Waals surface area (Å²) >= 11 is 0. The summed E-state index contributed by atoms with van der Waals surface area (Å²) in [4.78, 5) is 0. The average Bonchev–Trinajstić information content (AvgIpc) is 2.46. The zero-order valence-electron chi connectivity index (χ0n) is 13.0. The highest BCUT2D eigenvalue weighted by atomic mass is 16.5. The molecule has 2 aromatic carbocycles. The molecule has 0 saturated heterocycles. The molecule has 1 nitrogen and oxygen atoms in total. The fraction of sp³-hybridized carbons (Fsp3) is 0.368. The van der Waals surface area contributed by atoms with Gasteiger partial charge in [0.2, 0.25) is 0 Å². The molecule has 106 valence electrons. The molecule has 0 radical (unpaired) electrons. The van der Waals surface area contributed by atoms with Crippen LogP contribution in [0.3, 0.4) is 0 Å². The molecule has 0 heterocycles. The second-order valence-electron chi connectivity index (χ2n) is 5.41. The van der Waals surface area contributed by atoms with E-state index in [9.17, 15) is 0 Å². The fourth-order valence-electron chi connectivity index (χ4n) is 2.69. The first kappa shape index (κ1) is 14.8. The molecule has 20 heavy (non-hydrogen) atoms. The van der Waals surface area contributed by atoms with E-state index in [0.717, 1.165) is 6.42 Å². The van der Waals surface area contributed by atoms with Crippen LogP contribution in [0.2, 0.25) is 0 Å². The standard InChI is InChI=1S/C19H24O/c1-5-19-16(4)15(3)14(2)11-18(19)13-20-12-17-9-7-6-8-10-17/h6-11H,5,12-13H2,1-4H3. The molecule has 1 heteroatoms. The van der Waals surface area contributed by atoms with Gasteiger partial charge in [0.1, 0.15) is 0 Å². The Hall–Kier alpha value is -1.60. The van der Waals surface area contributed by atoms with Crippen LogP contribution in [-0.4, -0.2) is 0 Å². The highest BCUT2D eigenvalue weighted by molar-refractivity contribution is 5.44. The SMILES string of the molecule is CCc1c(COCc2ccccc2)cc(C)c(C)c1C. The molecule has 0 N–H and O–H groups in total. The molecule has 0 unspecified atom stereocenters. The molecular weight excluding hydrogens is 244 g/mol. The summed E-state index contributed by atoms with van der Waals surface area (Å²) in [6, 6.07) is 12.6. The first-order valence-corrected chi connectivity index (χ1v) is 7.33. The highest BCUT2D eigenvalue weighted by Crippen LogP contribution is 2.23. The molecule has 0 aliphatic carbocycles. The lowest BCUT2D eigenvalue weighted by molar-refractivity contribution is 0.106. The lowest BCUT2D eigenvalue weighted by atomic mass is 9.92. The van der Waals surface area contributed by atoms with Gasteiger partial charge in [0.05, 0.1) is 13.2 Å². The summed E-state index contributed by atoms with van der Waals surface area (Å²) in [6.07, 6.45) is 1.07. The van der Waals surface area contributed by atoms with Crippen LogP contribution < -0.4 is 0 Å². The van der Waals surface area contributed by atoms with Crippen LogP contribution in [0, 0.1) is 20.8 Å². The first-order valence-electron chi connectivity index (χ1n) is 7.33. The molecule has 0 saturated carbocycles. The van der Waals surface area contributed by atoms with Gasteiger partial charge in [-0.1, -0.05) is 43.3 Å². The van der Waals surface area contributed by atoms with Crippen molar-refractivity contribution in [2.45, 2.75) is 47.3 Å². The molecule has 0 bridgehead atoms. The van der Waals surface area contributed by atoms with E-state index in [-0.39, 0.29) is 0 Å². The Balaban J connectivity index is 2.10. The van der Waals surface area contributed by atoms with Crippen LogP contribution in [0.4, 0.5) is 0 Å². The first-order chi connectivity index (χ1) is 9.63. The topological polar surface area (TPSA) is 9.23 Å². The van der Waals surface area contributed by atoms with Crippen molar-refractivity contribution < 1.29 is 4.74 Å². The predicted molar refractivity (Wildman–Crippen MR) is 85.0 cm³/mol. The number of rotatable bonds is 5. The Bertz CT molecular complexity index is 570. The molecule has 2 rings (SSSR count). The Morgan fingerprint density at radius 1 is 0.900 bits per heavy atom. The van der Waals surface area contributed by atoms with Gasteiger partial charge in [0.25, 0.3) is 0 Å². The molecule has 0 atom stereocenters. The van der Waals surface area contributed by atoms with Crippen molar-refractivity contribution in [1.29, 1.82) is 0 Å². The lowest BCUT2D eigenvalue weighted by Gasteiger charge is -2.16. The van der Waals surface area contributed by atoms with Crippen molar-refractivity contribution >= 4 is 0 Å². The van der Waals surface area contributed by atoms with Gasteiger partial charge in [-0.3, -0.25) is 0 Å². The van der Waals surface area contributed by atoms with Crippen molar-refractivity contribution in [3.63, 3.8) is 0 Å². The third-order valence-corrected chi connectivity index (χ3v) is 4.11. The van der Waals surface area contributed by atoms with Gasteiger partial charge in [0, 0.05) is 0 Å². The molecule has 2 aromatic rings. The molecular formula is C19H24O. The van der Waals surface area contributed by atoms with Gasteiger partial charge in [-0.2, -0.15) is 0 Å². The summed E-state index contributed by atoms with van der Waals surface area (Å²) in [6.45, 7) is 10.2. The van der Waals surface area contributed by atoms with Crippen molar-refractivity contribution in [2.24, 2.45) is 0 Å². The van der Waals surface area contributed by atoms with Crippen LogP contribution in [0.15, 0.2) is 36.4 Å². The molecule has 0 amide bonds. The largest absolute Gasteiger partial charge is 0.372 e. The maximum atomic E-state index is 5.90. The minimum atomic E-state index is 0.677. The van der Waals surface area contributed by atoms with Crippen molar-refractivity contribution in [3.8, 4) is 0 Å². The molecule has 0 spiro atoms. The van der Waals surface area contributed by atoms with Gasteiger partial charge in [0.15, 0.2) is 0 Å². The molecule has 0 aromatic heterocycles. The van der Waals surface area contributed by atoms with Crippen LogP contribution in [-0.2, 0) is 24.4 Å². The minimum absolute atomic E-state index is 0.677. The average molecular weight is 268 g/mol. The quantitative estimate of drug-likeness (QED) is 0.750. The minimum Gasteiger partial charge on any atom is -0.372 e. The number of hydrogen-bond acceptors (Lipinski definition) is 1. The van der Waals surface area contributed by atoms with Crippen molar-refractivity contribution in [2.75, 3.05) is 0 Å². The molecule has 0 fully saturated rings. The summed E-state index contributed by atoms with van der Waals surface area (Å²) in [5, 5.41) is 0. The Labute approximate surface area is 122 Å². The third kappa shape index (κ3) is 3.29. The third-order valence-electron chi connectivity index (χ3n) is 4.11. The van der Waals surface area contributed by atoms with E-state index in [1.165, 1.54) is 33.4 Å². The van der Waals surface area contributed by atoms with Crippen molar-refractivity contribution in [1.82, 2.24) is 0 Å². The van der Waals surface area contributed by atoms with E-state index in [0.29, 0.717) is 13.2 Å². The predicted octanol–water partition coefficient (Wildman–Crippen LogP) is 4.89. The van der Waals surface area contributed by atoms with E-state index in [1.54, 1.807) is 0 Å². The van der Waals surface area contributed by atoms with Crippen LogP contribution >= 0.6 is 0 Å². The highest BCUT2D eigenvalue weighted by Gasteiger charge is 2.09. The zero-order valence-corrected chi connectivity index (χ0v) is 13.0. The number of hydrogen-bond donors (Lipinski definition) is 0. The van der Waals surface area contributed by atoms with Crippen molar-refractivity contribution in [3.05, 3.63) is 69.8 Å². The fourth-order valence-corrected chi connectivity index (χ4v) is 2.69. The summed E-state index contributed by atoms with van der Waals surface area (Å²) < 4.78 is 5.90. The van der Waals surface area contributed by atoms with Crippen LogP contribution in [0.5, 0.6) is 0 Å². The van der Waals surface area contributed by atoms with E-state index >= 15 is 0 Å². The van der Waals surface area contributed by atoms with Gasteiger partial charge < -0.3 is 4.74 Å². The second kappa shape index (κ2) is 6.71. The Kier molecular flexibility index (Phi) is 4.97. The van der Waals surface area contributed by atoms with E-state index in [4.69, 9.17) is 4.74 Å². The smallest absolute Gasteiger partial charge is 0.0724 e. The van der Waals surface area contributed by atoms with Crippen LogP contribution in [0.1, 0.15) is 40.3 Å². The van der Waals surface area contributed by atoms with Gasteiger partial charge in [-0.15, -0.1) is 0 Å². The van der Waals surface area contributed by atoms with E-state index < -0.39 is 0 Å². The van der Waals surface area contributed by atoms with Gasteiger partial charge in [-0.05, 0) is 60.6 Å². The molecule has 0 aliphatic heterocycles. The number of benzene rings is 2. The maximum Gasteiger partial charge on any atom is 0.0724 e. The summed E-state index contributed by atoms with van der Waals surface area (Å²) in [7, 11) is 0. The zero-order chi connectivity index (χ0) is 14.5. The Morgan fingerprint density at radius 2 is 1.60 bits per heavy atom. The monoisotopic (exact) mass is 268 g/mol.